The summed E-state index contributed by atoms with van der Waals surface area (Å²) in [5.74, 6) is -0.363. The summed E-state index contributed by atoms with van der Waals surface area (Å²) in [5, 5.41) is 6.30. The van der Waals surface area contributed by atoms with Crippen molar-refractivity contribution < 1.29 is 14.0 Å². The maximum atomic E-state index is 13.3. The maximum absolute atomic E-state index is 13.3. The molecule has 3 aromatic rings. The lowest BCUT2D eigenvalue weighted by Crippen LogP contribution is -2.50. The summed E-state index contributed by atoms with van der Waals surface area (Å²) in [6.45, 7) is 4.17. The summed E-state index contributed by atoms with van der Waals surface area (Å²) in [6.07, 6.45) is 3.44. The SMILES string of the molecule is CN1CCN(CC(=O)Nc2ccc(C3(NC(=O)c4cccc(Cc5ccc(F)cc5)c4)CCC3)cc2)CC1. The Bertz CT molecular complexity index is 1260. The molecule has 1 heterocycles. The van der Waals surface area contributed by atoms with Crippen molar-refractivity contribution in [2.45, 2.75) is 31.2 Å². The van der Waals surface area contributed by atoms with Crippen LogP contribution in [0.15, 0.2) is 72.8 Å². The highest BCUT2D eigenvalue weighted by molar-refractivity contribution is 5.95. The van der Waals surface area contributed by atoms with Gasteiger partial charge in [0.2, 0.25) is 5.91 Å². The molecule has 0 unspecified atom stereocenters. The first-order chi connectivity index (χ1) is 18.4. The van der Waals surface area contributed by atoms with Crippen molar-refractivity contribution in [1.29, 1.82) is 0 Å². The lowest BCUT2D eigenvalue weighted by molar-refractivity contribution is -0.117. The zero-order chi connectivity index (χ0) is 26.5. The number of amides is 2. The number of benzene rings is 3. The maximum Gasteiger partial charge on any atom is 0.251 e. The normalized spacial score (nSPS) is 17.4. The third-order valence-corrected chi connectivity index (χ3v) is 7.75. The van der Waals surface area contributed by atoms with Crippen molar-refractivity contribution in [3.8, 4) is 0 Å². The van der Waals surface area contributed by atoms with Gasteiger partial charge in [0.15, 0.2) is 0 Å². The summed E-state index contributed by atoms with van der Waals surface area (Å²) in [6, 6.07) is 21.9. The van der Waals surface area contributed by atoms with Crippen LogP contribution in [0.1, 0.15) is 46.3 Å². The van der Waals surface area contributed by atoms with Crippen molar-refractivity contribution in [2.24, 2.45) is 0 Å². The minimum atomic E-state index is -0.396. The van der Waals surface area contributed by atoms with Crippen molar-refractivity contribution in [3.05, 3.63) is 101 Å². The molecule has 0 spiro atoms. The van der Waals surface area contributed by atoms with Gasteiger partial charge in [-0.05, 0) is 85.8 Å². The van der Waals surface area contributed by atoms with Gasteiger partial charge in [-0.2, -0.15) is 0 Å². The van der Waals surface area contributed by atoms with Crippen LogP contribution in [-0.4, -0.2) is 61.4 Å². The van der Waals surface area contributed by atoms with E-state index in [9.17, 15) is 14.0 Å². The molecule has 6 nitrogen and oxygen atoms in total. The standard InChI is InChI=1S/C31H35FN4O2/c1-35-16-18-36(19-17-35)22-29(37)33-28-12-8-26(9-13-28)31(14-3-15-31)34-30(38)25-5-2-4-24(21-25)20-23-6-10-27(32)11-7-23/h2,4-13,21H,3,14-20,22H2,1H3,(H,33,37)(H,34,38). The first-order valence-electron chi connectivity index (χ1n) is 13.4. The van der Waals surface area contributed by atoms with Gasteiger partial charge in [0.25, 0.3) is 5.91 Å². The second-order valence-corrected chi connectivity index (χ2v) is 10.6. The second kappa shape index (κ2) is 11.5. The number of halogens is 1. The van der Waals surface area contributed by atoms with Gasteiger partial charge >= 0.3 is 0 Å². The fourth-order valence-corrected chi connectivity index (χ4v) is 5.25. The van der Waals surface area contributed by atoms with E-state index in [4.69, 9.17) is 0 Å². The van der Waals surface area contributed by atoms with Gasteiger partial charge in [-0.25, -0.2) is 4.39 Å². The van der Waals surface area contributed by atoms with Crippen molar-refractivity contribution >= 4 is 17.5 Å². The predicted molar refractivity (Wildman–Crippen MR) is 148 cm³/mol. The van der Waals surface area contributed by atoms with Crippen molar-refractivity contribution in [2.75, 3.05) is 45.1 Å². The highest BCUT2D eigenvalue weighted by Crippen LogP contribution is 2.41. The van der Waals surface area contributed by atoms with Gasteiger partial charge in [-0.3, -0.25) is 14.5 Å². The second-order valence-electron chi connectivity index (χ2n) is 10.6. The van der Waals surface area contributed by atoms with Crippen LogP contribution in [0.25, 0.3) is 0 Å². The van der Waals surface area contributed by atoms with E-state index >= 15 is 0 Å². The molecule has 1 saturated carbocycles. The zero-order valence-electron chi connectivity index (χ0n) is 21.9. The summed E-state index contributed by atoms with van der Waals surface area (Å²) in [4.78, 5) is 30.3. The molecule has 198 valence electrons. The van der Waals surface area contributed by atoms with Gasteiger partial charge < -0.3 is 15.5 Å². The Balaban J connectivity index is 1.20. The van der Waals surface area contributed by atoms with Crippen LogP contribution in [0.3, 0.4) is 0 Å². The van der Waals surface area contributed by atoms with Gasteiger partial charge in [0.05, 0.1) is 12.1 Å². The number of hydrogen-bond donors (Lipinski definition) is 2. The predicted octanol–water partition coefficient (Wildman–Crippen LogP) is 4.41. The van der Waals surface area contributed by atoms with Gasteiger partial charge in [0, 0.05) is 37.4 Å². The molecule has 0 bridgehead atoms. The Labute approximate surface area is 223 Å². The third kappa shape index (κ3) is 6.29. The van der Waals surface area contributed by atoms with E-state index in [1.807, 2.05) is 48.5 Å². The average Bonchev–Trinajstić information content (AvgIpc) is 2.89. The van der Waals surface area contributed by atoms with E-state index in [1.165, 1.54) is 12.1 Å². The molecule has 7 heteroatoms. The van der Waals surface area contributed by atoms with Crippen molar-refractivity contribution in [3.63, 3.8) is 0 Å². The average molecular weight is 515 g/mol. The first kappa shape index (κ1) is 26.1. The van der Waals surface area contributed by atoms with E-state index in [-0.39, 0.29) is 17.6 Å². The van der Waals surface area contributed by atoms with Crippen LogP contribution in [-0.2, 0) is 16.8 Å². The minimum absolute atomic E-state index is 0.00511. The van der Waals surface area contributed by atoms with Crippen LogP contribution in [0, 0.1) is 5.82 Å². The Morgan fingerprint density at radius 1 is 0.895 bits per heavy atom. The molecule has 2 N–H and O–H groups in total. The molecule has 1 aliphatic carbocycles. The van der Waals surface area contributed by atoms with E-state index in [2.05, 4.69) is 27.5 Å². The van der Waals surface area contributed by atoms with E-state index in [1.54, 1.807) is 12.1 Å². The van der Waals surface area contributed by atoms with Crippen molar-refractivity contribution in [1.82, 2.24) is 15.1 Å². The third-order valence-electron chi connectivity index (χ3n) is 7.75. The van der Waals surface area contributed by atoms with Gasteiger partial charge in [0.1, 0.15) is 5.82 Å². The molecule has 5 rings (SSSR count). The van der Waals surface area contributed by atoms with Crippen LogP contribution in [0.4, 0.5) is 10.1 Å². The Morgan fingerprint density at radius 3 is 2.26 bits per heavy atom. The molecule has 2 fully saturated rings. The number of nitrogens with zero attached hydrogens (tertiary/aromatic N) is 2. The number of carbonyl (C=O) groups excluding carboxylic acids is 2. The molecule has 0 aromatic heterocycles. The van der Waals surface area contributed by atoms with Crippen LogP contribution in [0.5, 0.6) is 0 Å². The molecular weight excluding hydrogens is 479 g/mol. The highest BCUT2D eigenvalue weighted by Gasteiger charge is 2.40. The lowest BCUT2D eigenvalue weighted by Gasteiger charge is -2.43. The number of piperazine rings is 1. The van der Waals surface area contributed by atoms with Gasteiger partial charge in [-0.1, -0.05) is 36.4 Å². The van der Waals surface area contributed by atoms with E-state index in [0.717, 1.165) is 67.8 Å². The number of nitrogens with one attached hydrogen (secondary N) is 2. The van der Waals surface area contributed by atoms with Crippen LogP contribution in [0.2, 0.25) is 0 Å². The molecular formula is C31H35FN4O2. The zero-order valence-corrected chi connectivity index (χ0v) is 21.9. The largest absolute Gasteiger partial charge is 0.343 e. The number of anilines is 1. The molecule has 0 radical (unpaired) electrons. The Kier molecular flexibility index (Phi) is 7.86. The lowest BCUT2D eigenvalue weighted by atomic mass is 9.71. The number of rotatable bonds is 8. The molecule has 0 atom stereocenters. The van der Waals surface area contributed by atoms with Gasteiger partial charge in [-0.15, -0.1) is 0 Å². The summed E-state index contributed by atoms with van der Waals surface area (Å²) in [7, 11) is 2.10. The fourth-order valence-electron chi connectivity index (χ4n) is 5.25. The summed E-state index contributed by atoms with van der Waals surface area (Å²) in [5.41, 5.74) is 4.04. The first-order valence-corrected chi connectivity index (χ1v) is 13.4. The topological polar surface area (TPSA) is 64.7 Å². The number of hydrogen-bond acceptors (Lipinski definition) is 4. The molecule has 38 heavy (non-hydrogen) atoms. The molecule has 1 aliphatic heterocycles. The summed E-state index contributed by atoms with van der Waals surface area (Å²) >= 11 is 0. The number of carbonyl (C=O) groups is 2. The number of likely N-dealkylation sites (N-methyl/N-ethyl adjacent to an activating group) is 1. The van der Waals surface area contributed by atoms with E-state index in [0.29, 0.717) is 18.5 Å². The molecule has 1 saturated heterocycles. The molecule has 2 aliphatic rings. The fraction of sp³-hybridized carbons (Fsp3) is 0.355. The highest BCUT2D eigenvalue weighted by atomic mass is 19.1. The minimum Gasteiger partial charge on any atom is -0.343 e. The van der Waals surface area contributed by atoms with Crippen LogP contribution >= 0.6 is 0 Å². The smallest absolute Gasteiger partial charge is 0.251 e. The molecule has 3 aromatic carbocycles. The monoisotopic (exact) mass is 514 g/mol. The Hall–Kier alpha value is -3.55. The summed E-state index contributed by atoms with van der Waals surface area (Å²) < 4.78 is 13.2. The quantitative estimate of drug-likeness (QED) is 0.468. The molecule has 2 amide bonds. The van der Waals surface area contributed by atoms with Crippen LogP contribution < -0.4 is 10.6 Å². The Morgan fingerprint density at radius 2 is 1.61 bits per heavy atom. The van der Waals surface area contributed by atoms with E-state index < -0.39 is 5.54 Å².